The van der Waals surface area contributed by atoms with Gasteiger partial charge in [-0.2, -0.15) is 0 Å². The van der Waals surface area contributed by atoms with Gasteiger partial charge in [-0.15, -0.1) is 5.10 Å². The third-order valence-electron chi connectivity index (χ3n) is 5.11. The first-order chi connectivity index (χ1) is 14.0. The zero-order valence-electron chi connectivity index (χ0n) is 16.7. The Balaban J connectivity index is 1.90. The summed E-state index contributed by atoms with van der Waals surface area (Å²) in [6, 6.07) is 5.18. The van der Waals surface area contributed by atoms with Gasteiger partial charge in [0, 0.05) is 12.1 Å². The number of hydrogen-bond acceptors (Lipinski definition) is 9. The molecule has 1 aliphatic rings. The van der Waals surface area contributed by atoms with E-state index in [0.717, 1.165) is 31.2 Å². The van der Waals surface area contributed by atoms with Gasteiger partial charge < -0.3 is 25.6 Å². The minimum atomic E-state index is -0.421. The second kappa shape index (κ2) is 9.66. The van der Waals surface area contributed by atoms with Gasteiger partial charge in [-0.05, 0) is 60.7 Å². The van der Waals surface area contributed by atoms with Crippen LogP contribution in [0.15, 0.2) is 18.2 Å². The summed E-state index contributed by atoms with van der Waals surface area (Å²) >= 11 is 0. The number of ether oxygens (including phenoxy) is 2. The molecule has 1 aromatic heterocycles. The molecule has 1 atom stereocenters. The van der Waals surface area contributed by atoms with Crippen molar-refractivity contribution in [2.45, 2.75) is 57.3 Å². The predicted octanol–water partition coefficient (Wildman–Crippen LogP) is 0.899. The number of carbonyl (C=O) groups is 1. The Labute approximate surface area is 169 Å². The average Bonchev–Trinajstić information content (AvgIpc) is 3.15. The molecule has 158 valence electrons. The highest BCUT2D eigenvalue weighted by molar-refractivity contribution is 5.69. The molecule has 1 heterocycles. The highest BCUT2D eigenvalue weighted by atomic mass is 16.5. The van der Waals surface area contributed by atoms with Gasteiger partial charge in [-0.25, -0.2) is 4.68 Å². The van der Waals surface area contributed by atoms with Gasteiger partial charge >= 0.3 is 5.97 Å². The van der Waals surface area contributed by atoms with Crippen LogP contribution in [0, 0.1) is 0 Å². The maximum absolute atomic E-state index is 12.0. The second-order valence-corrected chi connectivity index (χ2v) is 7.14. The van der Waals surface area contributed by atoms with Crippen molar-refractivity contribution in [3.8, 4) is 11.5 Å². The molecule has 4 N–H and O–H groups in total. The largest absolute Gasteiger partial charge is 0.504 e. The van der Waals surface area contributed by atoms with E-state index in [0.29, 0.717) is 11.6 Å². The van der Waals surface area contributed by atoms with Crippen molar-refractivity contribution in [3.63, 3.8) is 0 Å². The van der Waals surface area contributed by atoms with Gasteiger partial charge in [0.1, 0.15) is 6.54 Å². The Bertz CT molecular complexity index is 819. The normalized spacial score (nSPS) is 20.2. The first-order valence-corrected chi connectivity index (χ1v) is 9.82. The van der Waals surface area contributed by atoms with E-state index in [9.17, 15) is 9.90 Å². The summed E-state index contributed by atoms with van der Waals surface area (Å²) in [6.45, 7) is 1.94. The highest BCUT2D eigenvalue weighted by Gasteiger charge is 2.28. The fourth-order valence-corrected chi connectivity index (χ4v) is 3.59. The lowest BCUT2D eigenvalue weighted by Crippen LogP contribution is -2.40. The summed E-state index contributed by atoms with van der Waals surface area (Å²) in [5, 5.41) is 25.7. The van der Waals surface area contributed by atoms with E-state index in [1.807, 2.05) is 6.07 Å². The van der Waals surface area contributed by atoms with E-state index in [1.165, 1.54) is 11.8 Å². The predicted molar refractivity (Wildman–Crippen MR) is 104 cm³/mol. The number of tetrazole rings is 1. The highest BCUT2D eigenvalue weighted by Crippen LogP contribution is 2.32. The summed E-state index contributed by atoms with van der Waals surface area (Å²) in [5.41, 5.74) is 6.79. The molecule has 1 aliphatic carbocycles. The van der Waals surface area contributed by atoms with Crippen LogP contribution in [0.1, 0.15) is 50.0 Å². The third-order valence-corrected chi connectivity index (χ3v) is 5.11. The molecule has 0 aliphatic heterocycles. The Hall–Kier alpha value is -2.72. The summed E-state index contributed by atoms with van der Waals surface area (Å²) in [7, 11) is 1.50. The van der Waals surface area contributed by atoms with E-state index in [-0.39, 0.29) is 31.0 Å². The minimum Gasteiger partial charge on any atom is -0.504 e. The smallest absolute Gasteiger partial charge is 0.327 e. The standard InChI is InChI=1S/C19H28N6O4/c1-3-29-17(27)11-25-19(22-23-24-25)18(21-14-7-5-13(20)6-8-14)12-4-9-16(28-2)15(26)10-12/h4,9-10,13-14,18,21,26H,3,5-8,11,20H2,1-2H3. The lowest BCUT2D eigenvalue weighted by molar-refractivity contribution is -0.144. The molecule has 0 radical (unpaired) electrons. The van der Waals surface area contributed by atoms with Crippen LogP contribution < -0.4 is 15.8 Å². The quantitative estimate of drug-likeness (QED) is 0.548. The molecule has 0 bridgehead atoms. The number of hydrogen-bond donors (Lipinski definition) is 3. The molecule has 3 rings (SSSR count). The molecular formula is C19H28N6O4. The molecule has 2 aromatic rings. The van der Waals surface area contributed by atoms with Crippen LogP contribution in [0.25, 0.3) is 0 Å². The molecule has 1 aromatic carbocycles. The lowest BCUT2D eigenvalue weighted by atomic mass is 9.90. The number of phenols is 1. The van der Waals surface area contributed by atoms with Crippen molar-refractivity contribution in [2.75, 3.05) is 13.7 Å². The first-order valence-electron chi connectivity index (χ1n) is 9.82. The van der Waals surface area contributed by atoms with Crippen molar-refractivity contribution in [1.29, 1.82) is 0 Å². The number of esters is 1. The Kier molecular flexibility index (Phi) is 6.99. The molecule has 1 saturated carbocycles. The van der Waals surface area contributed by atoms with Crippen LogP contribution in [0.5, 0.6) is 11.5 Å². The number of nitrogens with two attached hydrogens (primary N) is 1. The van der Waals surface area contributed by atoms with Crippen molar-refractivity contribution in [2.24, 2.45) is 5.73 Å². The molecule has 1 fully saturated rings. The van der Waals surface area contributed by atoms with Gasteiger partial charge in [0.2, 0.25) is 0 Å². The van der Waals surface area contributed by atoms with Crippen LogP contribution in [0.3, 0.4) is 0 Å². The molecule has 10 heteroatoms. The van der Waals surface area contributed by atoms with Crippen LogP contribution in [-0.4, -0.2) is 57.1 Å². The summed E-state index contributed by atoms with van der Waals surface area (Å²) in [4.78, 5) is 12.0. The van der Waals surface area contributed by atoms with Crippen molar-refractivity contribution in [1.82, 2.24) is 25.5 Å². The average molecular weight is 404 g/mol. The van der Waals surface area contributed by atoms with Crippen LogP contribution in [0.4, 0.5) is 0 Å². The van der Waals surface area contributed by atoms with E-state index < -0.39 is 12.0 Å². The van der Waals surface area contributed by atoms with Crippen molar-refractivity contribution >= 4 is 5.97 Å². The number of nitrogens with zero attached hydrogens (tertiary/aromatic N) is 4. The molecule has 0 spiro atoms. The van der Waals surface area contributed by atoms with E-state index in [1.54, 1.807) is 19.1 Å². The van der Waals surface area contributed by atoms with Gasteiger partial charge in [-0.1, -0.05) is 6.07 Å². The van der Waals surface area contributed by atoms with E-state index in [2.05, 4.69) is 20.8 Å². The Morgan fingerprint density at radius 1 is 1.38 bits per heavy atom. The Morgan fingerprint density at radius 2 is 2.14 bits per heavy atom. The van der Waals surface area contributed by atoms with E-state index in [4.69, 9.17) is 15.2 Å². The first kappa shape index (κ1) is 21.0. The maximum atomic E-state index is 12.0. The van der Waals surface area contributed by atoms with Crippen molar-refractivity contribution < 1.29 is 19.4 Å². The van der Waals surface area contributed by atoms with Crippen LogP contribution in [0.2, 0.25) is 0 Å². The number of phenolic OH excluding ortho intramolecular Hbond substituents is 1. The number of carbonyl (C=O) groups excluding carboxylic acids is 1. The number of nitrogens with one attached hydrogen (secondary N) is 1. The zero-order chi connectivity index (χ0) is 20.8. The third kappa shape index (κ3) is 5.21. The molecule has 0 saturated heterocycles. The maximum Gasteiger partial charge on any atom is 0.327 e. The van der Waals surface area contributed by atoms with Crippen molar-refractivity contribution in [3.05, 3.63) is 29.6 Å². The molecular weight excluding hydrogens is 376 g/mol. The number of benzene rings is 1. The SMILES string of the molecule is CCOC(=O)Cn1nnnc1C(NC1CCC(N)CC1)c1ccc(OC)c(O)c1. The number of aromatic nitrogens is 4. The van der Waals surface area contributed by atoms with Gasteiger partial charge in [0.25, 0.3) is 0 Å². The number of rotatable bonds is 8. The summed E-state index contributed by atoms with van der Waals surface area (Å²) in [6.07, 6.45) is 3.73. The van der Waals surface area contributed by atoms with Gasteiger partial charge in [0.05, 0.1) is 19.8 Å². The van der Waals surface area contributed by atoms with E-state index >= 15 is 0 Å². The fraction of sp³-hybridized carbons (Fsp3) is 0.579. The molecule has 29 heavy (non-hydrogen) atoms. The fourth-order valence-electron chi connectivity index (χ4n) is 3.59. The van der Waals surface area contributed by atoms with Crippen LogP contribution in [-0.2, 0) is 16.1 Å². The topological polar surface area (TPSA) is 137 Å². The number of aromatic hydroxyl groups is 1. The minimum absolute atomic E-state index is 0.0203. The lowest BCUT2D eigenvalue weighted by Gasteiger charge is -2.30. The van der Waals surface area contributed by atoms with Gasteiger partial charge in [-0.3, -0.25) is 4.79 Å². The monoisotopic (exact) mass is 404 g/mol. The zero-order valence-corrected chi connectivity index (χ0v) is 16.7. The second-order valence-electron chi connectivity index (χ2n) is 7.14. The summed E-state index contributed by atoms with van der Waals surface area (Å²) in [5.74, 6) is 0.452. The molecule has 0 amide bonds. The summed E-state index contributed by atoms with van der Waals surface area (Å²) < 4.78 is 11.6. The number of methoxy groups -OCH3 is 1. The Morgan fingerprint density at radius 3 is 2.79 bits per heavy atom. The van der Waals surface area contributed by atoms with Gasteiger partial charge in [0.15, 0.2) is 17.3 Å². The van der Waals surface area contributed by atoms with Crippen LogP contribution >= 0.6 is 0 Å². The molecule has 10 nitrogen and oxygen atoms in total. The molecule has 1 unspecified atom stereocenters.